The van der Waals surface area contributed by atoms with Gasteiger partial charge in [-0.05, 0) is 116 Å². The van der Waals surface area contributed by atoms with Crippen molar-refractivity contribution < 1.29 is 28.6 Å². The number of carbonyl (C=O) groups excluding carboxylic acids is 3. The Kier molecular flexibility index (Phi) is 51.5. The average Bonchev–Trinajstić information content (AvgIpc) is 3.34. The van der Waals surface area contributed by atoms with Gasteiger partial charge in [0, 0.05) is 19.3 Å². The molecule has 0 aromatic heterocycles. The number of carbonyl (C=O) groups is 3. The van der Waals surface area contributed by atoms with E-state index in [-0.39, 0.29) is 37.5 Å². The van der Waals surface area contributed by atoms with Crippen LogP contribution in [0.2, 0.25) is 0 Å². The molecule has 0 aromatic carbocycles. The topological polar surface area (TPSA) is 78.9 Å². The number of esters is 3. The maximum Gasteiger partial charge on any atom is 0.306 e. The highest BCUT2D eigenvalue weighted by Gasteiger charge is 2.19. The summed E-state index contributed by atoms with van der Waals surface area (Å²) in [5.41, 5.74) is 0. The van der Waals surface area contributed by atoms with Crippen molar-refractivity contribution in [3.8, 4) is 0 Å². The lowest BCUT2D eigenvalue weighted by atomic mass is 10.1. The summed E-state index contributed by atoms with van der Waals surface area (Å²) in [5, 5.41) is 0. The van der Waals surface area contributed by atoms with Gasteiger partial charge in [0.2, 0.25) is 0 Å². The molecule has 0 spiro atoms. The first-order chi connectivity index (χ1) is 33.5. The highest BCUT2D eigenvalue weighted by molar-refractivity contribution is 5.71. The molecule has 0 rings (SSSR count). The van der Waals surface area contributed by atoms with Gasteiger partial charge >= 0.3 is 17.9 Å². The number of allylic oxidation sites excluding steroid dienone is 22. The highest BCUT2D eigenvalue weighted by Crippen LogP contribution is 2.13. The molecule has 1 unspecified atom stereocenters. The van der Waals surface area contributed by atoms with E-state index < -0.39 is 6.10 Å². The molecule has 0 fully saturated rings. The summed E-state index contributed by atoms with van der Waals surface area (Å²) >= 11 is 0. The molecule has 0 heterocycles. The van der Waals surface area contributed by atoms with Gasteiger partial charge in [-0.3, -0.25) is 14.4 Å². The van der Waals surface area contributed by atoms with Crippen LogP contribution in [0, 0.1) is 0 Å². The maximum atomic E-state index is 12.8. The van der Waals surface area contributed by atoms with E-state index in [1.807, 2.05) is 0 Å². The van der Waals surface area contributed by atoms with Gasteiger partial charge in [0.25, 0.3) is 0 Å². The molecule has 6 heteroatoms. The van der Waals surface area contributed by atoms with E-state index in [1.165, 1.54) is 44.9 Å². The van der Waals surface area contributed by atoms with Crippen molar-refractivity contribution in [1.82, 2.24) is 0 Å². The Morgan fingerprint density at radius 3 is 0.926 bits per heavy atom. The second kappa shape index (κ2) is 55.1. The zero-order valence-corrected chi connectivity index (χ0v) is 43.6. The van der Waals surface area contributed by atoms with Crippen LogP contribution in [-0.4, -0.2) is 37.2 Å². The lowest BCUT2D eigenvalue weighted by molar-refractivity contribution is -0.167. The van der Waals surface area contributed by atoms with E-state index in [2.05, 4.69) is 154 Å². The Morgan fingerprint density at radius 2 is 0.574 bits per heavy atom. The van der Waals surface area contributed by atoms with Crippen molar-refractivity contribution in [1.29, 1.82) is 0 Å². The van der Waals surface area contributed by atoms with Crippen LogP contribution in [0.1, 0.15) is 220 Å². The molecule has 68 heavy (non-hydrogen) atoms. The molecule has 382 valence electrons. The van der Waals surface area contributed by atoms with Crippen molar-refractivity contribution in [2.75, 3.05) is 13.2 Å². The van der Waals surface area contributed by atoms with Gasteiger partial charge in [-0.2, -0.15) is 0 Å². The largest absolute Gasteiger partial charge is 0.462 e. The summed E-state index contributed by atoms with van der Waals surface area (Å²) in [6.07, 6.45) is 77.3. The third-order valence-electron chi connectivity index (χ3n) is 10.9. The van der Waals surface area contributed by atoms with Crippen LogP contribution in [-0.2, 0) is 28.6 Å². The van der Waals surface area contributed by atoms with Gasteiger partial charge in [0.1, 0.15) is 13.2 Å². The standard InChI is InChI=1S/C62H98O6/c1-4-7-10-13-16-19-22-24-26-28-30-31-33-34-36-38-40-43-46-49-52-55-61(64)67-58-59(57-66-60(63)54-51-48-45-42-21-18-15-12-9-6-3)68-62(65)56-53-50-47-44-41-39-37-35-32-29-27-25-23-20-17-14-11-8-5-2/h7-8,10-11,16-17,19-20,24-27,30-32,34-36,39-41,43,59H,4-6,9,12-15,18,21-23,28-29,33,37-38,42,44-58H2,1-3H3/b10-7-,11-8-,19-16-,20-17-,26-24-,27-25-,31-30-,35-32-,36-34-,41-39-,43-40-. The van der Waals surface area contributed by atoms with Crippen molar-refractivity contribution in [3.05, 3.63) is 134 Å². The molecular formula is C62H98O6. The monoisotopic (exact) mass is 939 g/mol. The molecule has 0 amide bonds. The number of unbranched alkanes of at least 4 members (excludes halogenated alkanes) is 14. The Labute approximate surface area is 417 Å². The fourth-order valence-electron chi connectivity index (χ4n) is 6.88. The lowest BCUT2D eigenvalue weighted by Gasteiger charge is -2.18. The first kappa shape index (κ1) is 63.5. The molecule has 0 N–H and O–H groups in total. The molecule has 0 aliphatic heterocycles. The van der Waals surface area contributed by atoms with E-state index in [4.69, 9.17) is 14.2 Å². The van der Waals surface area contributed by atoms with Gasteiger partial charge in [0.05, 0.1) is 0 Å². The Morgan fingerprint density at radius 1 is 0.309 bits per heavy atom. The predicted octanol–water partition coefficient (Wildman–Crippen LogP) is 18.3. The van der Waals surface area contributed by atoms with Crippen LogP contribution in [0.25, 0.3) is 0 Å². The van der Waals surface area contributed by atoms with Gasteiger partial charge in [-0.1, -0.05) is 219 Å². The smallest absolute Gasteiger partial charge is 0.306 e. The second-order valence-corrected chi connectivity index (χ2v) is 17.4. The first-order valence-corrected chi connectivity index (χ1v) is 27.2. The molecule has 6 nitrogen and oxygen atoms in total. The van der Waals surface area contributed by atoms with Crippen LogP contribution in [0.4, 0.5) is 0 Å². The van der Waals surface area contributed by atoms with E-state index >= 15 is 0 Å². The zero-order chi connectivity index (χ0) is 49.3. The minimum atomic E-state index is -0.816. The second-order valence-electron chi connectivity index (χ2n) is 17.4. The third-order valence-corrected chi connectivity index (χ3v) is 10.9. The molecule has 0 bridgehead atoms. The van der Waals surface area contributed by atoms with Crippen molar-refractivity contribution in [2.45, 2.75) is 226 Å². The maximum absolute atomic E-state index is 12.8. The molecule has 0 aromatic rings. The van der Waals surface area contributed by atoms with E-state index in [0.29, 0.717) is 25.7 Å². The molecule has 0 aliphatic carbocycles. The fourth-order valence-corrected chi connectivity index (χ4v) is 6.88. The zero-order valence-electron chi connectivity index (χ0n) is 43.6. The molecule has 0 saturated carbocycles. The Balaban J connectivity index is 4.50. The SMILES string of the molecule is CC/C=C\C/C=C\C/C=C\C/C=C\C/C=C\C/C=C\CCCCC(=O)OCC(COC(=O)CCCCCCCCCCCC)OC(=O)CCCCC/C=C\C/C=C\C/C=C\C/C=C\C/C=C\CC. The summed E-state index contributed by atoms with van der Waals surface area (Å²) in [6.45, 7) is 6.32. The Hall–Kier alpha value is -4.45. The van der Waals surface area contributed by atoms with Crippen LogP contribution < -0.4 is 0 Å². The van der Waals surface area contributed by atoms with Gasteiger partial charge in [-0.15, -0.1) is 0 Å². The molecule has 1 atom stereocenters. The minimum Gasteiger partial charge on any atom is -0.462 e. The molecule has 0 radical (unpaired) electrons. The van der Waals surface area contributed by atoms with Crippen molar-refractivity contribution in [3.63, 3.8) is 0 Å². The summed E-state index contributed by atoms with van der Waals surface area (Å²) in [4.78, 5) is 38.0. The molecule has 0 saturated heterocycles. The average molecular weight is 939 g/mol. The van der Waals surface area contributed by atoms with Crippen molar-refractivity contribution in [2.24, 2.45) is 0 Å². The number of ether oxygens (including phenoxy) is 3. The van der Waals surface area contributed by atoms with Crippen LogP contribution >= 0.6 is 0 Å². The summed E-state index contributed by atoms with van der Waals surface area (Å²) in [7, 11) is 0. The van der Waals surface area contributed by atoms with Gasteiger partial charge in [0.15, 0.2) is 6.10 Å². The van der Waals surface area contributed by atoms with E-state index in [1.54, 1.807) is 0 Å². The van der Waals surface area contributed by atoms with E-state index in [0.717, 1.165) is 122 Å². The van der Waals surface area contributed by atoms with Crippen LogP contribution in [0.3, 0.4) is 0 Å². The summed E-state index contributed by atoms with van der Waals surface area (Å²) in [6, 6.07) is 0. The summed E-state index contributed by atoms with van der Waals surface area (Å²) in [5.74, 6) is -0.995. The van der Waals surface area contributed by atoms with Crippen LogP contribution in [0.15, 0.2) is 134 Å². The number of rotatable bonds is 47. The van der Waals surface area contributed by atoms with Crippen molar-refractivity contribution >= 4 is 17.9 Å². The summed E-state index contributed by atoms with van der Waals surface area (Å²) < 4.78 is 16.7. The van der Waals surface area contributed by atoms with Gasteiger partial charge < -0.3 is 14.2 Å². The Bertz CT molecular complexity index is 1500. The third kappa shape index (κ3) is 52.5. The van der Waals surface area contributed by atoms with Gasteiger partial charge in [-0.25, -0.2) is 0 Å². The molecule has 0 aliphatic rings. The number of hydrogen-bond donors (Lipinski definition) is 0. The predicted molar refractivity (Wildman–Crippen MR) is 292 cm³/mol. The van der Waals surface area contributed by atoms with E-state index in [9.17, 15) is 14.4 Å². The quantitative estimate of drug-likeness (QED) is 0.0262. The fraction of sp³-hybridized carbons (Fsp3) is 0.597. The lowest BCUT2D eigenvalue weighted by Crippen LogP contribution is -2.30. The molecular weight excluding hydrogens is 841 g/mol. The minimum absolute atomic E-state index is 0.109. The highest BCUT2D eigenvalue weighted by atomic mass is 16.6. The van der Waals surface area contributed by atoms with Crippen LogP contribution in [0.5, 0.6) is 0 Å². The number of hydrogen-bond acceptors (Lipinski definition) is 6. The normalized spacial score (nSPS) is 13.2. The first-order valence-electron chi connectivity index (χ1n) is 27.2.